The molecule has 0 atom stereocenters. The van der Waals surface area contributed by atoms with E-state index in [1.54, 1.807) is 24.3 Å². The molecule has 0 saturated carbocycles. The molecule has 6 nitrogen and oxygen atoms in total. The number of carbonyl (C=O) groups excluding carboxylic acids is 1. The molecule has 0 radical (unpaired) electrons. The summed E-state index contributed by atoms with van der Waals surface area (Å²) in [6.45, 7) is 4.01. The first-order chi connectivity index (χ1) is 8.78. The van der Waals surface area contributed by atoms with Crippen molar-refractivity contribution in [2.75, 3.05) is 17.6 Å². The summed E-state index contributed by atoms with van der Waals surface area (Å²) in [6, 6.07) is 6.88. The van der Waals surface area contributed by atoms with E-state index < -0.39 is 10.0 Å². The SMILES string of the molecule is CC(C)NC(=O)c1ccc(NCCS(N)(=O)=O)cc1. The van der Waals surface area contributed by atoms with Crippen LogP contribution in [0.1, 0.15) is 24.2 Å². The molecule has 1 aromatic carbocycles. The van der Waals surface area contributed by atoms with Gasteiger partial charge in [0.1, 0.15) is 0 Å². The molecule has 0 aliphatic heterocycles. The Morgan fingerprint density at radius 2 is 1.84 bits per heavy atom. The van der Waals surface area contributed by atoms with Crippen LogP contribution in [0.15, 0.2) is 24.3 Å². The molecule has 0 aliphatic rings. The van der Waals surface area contributed by atoms with Crippen molar-refractivity contribution in [2.45, 2.75) is 19.9 Å². The quantitative estimate of drug-likeness (QED) is 0.709. The third-order valence-corrected chi connectivity index (χ3v) is 3.06. The van der Waals surface area contributed by atoms with E-state index in [-0.39, 0.29) is 24.2 Å². The lowest BCUT2D eigenvalue weighted by molar-refractivity contribution is 0.0943. The predicted octanol–water partition coefficient (Wildman–Crippen LogP) is 0.525. The van der Waals surface area contributed by atoms with Crippen LogP contribution >= 0.6 is 0 Å². The topological polar surface area (TPSA) is 101 Å². The Labute approximate surface area is 113 Å². The van der Waals surface area contributed by atoms with Gasteiger partial charge < -0.3 is 10.6 Å². The fraction of sp³-hybridized carbons (Fsp3) is 0.417. The maximum Gasteiger partial charge on any atom is 0.251 e. The van der Waals surface area contributed by atoms with E-state index in [9.17, 15) is 13.2 Å². The van der Waals surface area contributed by atoms with Gasteiger partial charge in [0.05, 0.1) is 5.75 Å². The van der Waals surface area contributed by atoms with Crippen LogP contribution in [-0.4, -0.2) is 32.7 Å². The zero-order valence-corrected chi connectivity index (χ0v) is 11.8. The zero-order valence-electron chi connectivity index (χ0n) is 11.0. The van der Waals surface area contributed by atoms with Crippen LogP contribution in [0.2, 0.25) is 0 Å². The monoisotopic (exact) mass is 285 g/mol. The number of primary sulfonamides is 1. The standard InChI is InChI=1S/C12H19N3O3S/c1-9(2)15-12(16)10-3-5-11(6-4-10)14-7-8-19(13,17)18/h3-6,9,14H,7-8H2,1-2H3,(H,15,16)(H2,13,17,18). The normalized spacial score (nSPS) is 11.4. The molecule has 1 aromatic rings. The minimum absolute atomic E-state index is 0.0834. The van der Waals surface area contributed by atoms with Crippen molar-refractivity contribution in [3.8, 4) is 0 Å². The maximum absolute atomic E-state index is 11.7. The molecule has 0 unspecified atom stereocenters. The van der Waals surface area contributed by atoms with Crippen LogP contribution in [0.3, 0.4) is 0 Å². The van der Waals surface area contributed by atoms with Gasteiger partial charge in [0.25, 0.3) is 5.91 Å². The van der Waals surface area contributed by atoms with E-state index in [4.69, 9.17) is 5.14 Å². The summed E-state index contributed by atoms with van der Waals surface area (Å²) in [5, 5.41) is 10.6. The van der Waals surface area contributed by atoms with Crippen molar-refractivity contribution in [1.29, 1.82) is 0 Å². The van der Waals surface area contributed by atoms with Crippen LogP contribution < -0.4 is 15.8 Å². The average molecular weight is 285 g/mol. The summed E-state index contributed by atoms with van der Waals surface area (Å²) in [5.41, 5.74) is 1.30. The second-order valence-corrected chi connectivity index (χ2v) is 6.23. The first-order valence-corrected chi connectivity index (χ1v) is 7.65. The Balaban J connectivity index is 2.54. The van der Waals surface area contributed by atoms with E-state index in [0.717, 1.165) is 5.69 Å². The van der Waals surface area contributed by atoms with E-state index in [1.165, 1.54) is 0 Å². The average Bonchev–Trinajstić information content (AvgIpc) is 2.27. The summed E-state index contributed by atoms with van der Waals surface area (Å²) < 4.78 is 21.5. The van der Waals surface area contributed by atoms with Crippen LogP contribution in [0, 0.1) is 0 Å². The van der Waals surface area contributed by atoms with Crippen molar-refractivity contribution in [3.05, 3.63) is 29.8 Å². The predicted molar refractivity (Wildman–Crippen MR) is 75.5 cm³/mol. The van der Waals surface area contributed by atoms with Gasteiger partial charge in [0.15, 0.2) is 0 Å². The number of sulfonamides is 1. The van der Waals surface area contributed by atoms with Gasteiger partial charge in [0, 0.05) is 23.8 Å². The molecule has 1 rings (SSSR count). The molecule has 1 amide bonds. The number of benzene rings is 1. The molecule has 0 bridgehead atoms. The molecule has 0 aromatic heterocycles. The van der Waals surface area contributed by atoms with Gasteiger partial charge >= 0.3 is 0 Å². The number of rotatable bonds is 6. The van der Waals surface area contributed by atoms with E-state index in [2.05, 4.69) is 10.6 Å². The van der Waals surface area contributed by atoms with Gasteiger partial charge in [-0.3, -0.25) is 4.79 Å². The van der Waals surface area contributed by atoms with E-state index in [0.29, 0.717) is 5.56 Å². The molecule has 0 aliphatic carbocycles. The van der Waals surface area contributed by atoms with E-state index >= 15 is 0 Å². The number of anilines is 1. The number of nitrogens with one attached hydrogen (secondary N) is 2. The summed E-state index contributed by atoms with van der Waals surface area (Å²) in [5.74, 6) is -0.270. The molecule has 7 heteroatoms. The minimum Gasteiger partial charge on any atom is -0.384 e. The van der Waals surface area contributed by atoms with Crippen molar-refractivity contribution >= 4 is 21.6 Å². The van der Waals surface area contributed by atoms with Gasteiger partial charge in [-0.05, 0) is 38.1 Å². The highest BCUT2D eigenvalue weighted by atomic mass is 32.2. The van der Waals surface area contributed by atoms with Crippen LogP contribution in [0.25, 0.3) is 0 Å². The van der Waals surface area contributed by atoms with Crippen LogP contribution in [-0.2, 0) is 10.0 Å². The molecule has 4 N–H and O–H groups in total. The minimum atomic E-state index is -3.46. The summed E-state index contributed by atoms with van der Waals surface area (Å²) in [4.78, 5) is 11.7. The molecule has 0 heterocycles. The fourth-order valence-corrected chi connectivity index (χ4v) is 1.81. The highest BCUT2D eigenvalue weighted by Crippen LogP contribution is 2.09. The third kappa shape index (κ3) is 6.21. The van der Waals surface area contributed by atoms with Gasteiger partial charge in [-0.1, -0.05) is 0 Å². The maximum atomic E-state index is 11.7. The Morgan fingerprint density at radius 1 is 1.26 bits per heavy atom. The smallest absolute Gasteiger partial charge is 0.251 e. The fourth-order valence-electron chi connectivity index (χ4n) is 1.42. The number of amides is 1. The second kappa shape index (κ2) is 6.53. The van der Waals surface area contributed by atoms with Crippen LogP contribution in [0.4, 0.5) is 5.69 Å². The number of nitrogens with two attached hydrogens (primary N) is 1. The van der Waals surface area contributed by atoms with E-state index in [1.807, 2.05) is 13.8 Å². The number of carbonyl (C=O) groups is 1. The zero-order chi connectivity index (χ0) is 14.5. The molecular weight excluding hydrogens is 266 g/mol. The summed E-state index contributed by atoms with van der Waals surface area (Å²) in [6.07, 6.45) is 0. The Kier molecular flexibility index (Phi) is 5.31. The lowest BCUT2D eigenvalue weighted by Crippen LogP contribution is -2.30. The molecule has 0 spiro atoms. The third-order valence-electron chi connectivity index (χ3n) is 2.28. The van der Waals surface area contributed by atoms with Gasteiger partial charge in [-0.15, -0.1) is 0 Å². The lowest BCUT2D eigenvalue weighted by atomic mass is 10.2. The summed E-state index contributed by atoms with van der Waals surface area (Å²) >= 11 is 0. The largest absolute Gasteiger partial charge is 0.384 e. The van der Waals surface area contributed by atoms with Crippen LogP contribution in [0.5, 0.6) is 0 Å². The highest BCUT2D eigenvalue weighted by molar-refractivity contribution is 7.89. The Hall–Kier alpha value is -1.60. The van der Waals surface area contributed by atoms with Gasteiger partial charge in [-0.2, -0.15) is 0 Å². The van der Waals surface area contributed by atoms with Crippen molar-refractivity contribution in [2.24, 2.45) is 5.14 Å². The molecule has 0 saturated heterocycles. The Morgan fingerprint density at radius 3 is 2.32 bits per heavy atom. The van der Waals surface area contributed by atoms with Crippen molar-refractivity contribution < 1.29 is 13.2 Å². The molecule has 106 valence electrons. The first-order valence-electron chi connectivity index (χ1n) is 5.93. The molecule has 19 heavy (non-hydrogen) atoms. The summed E-state index contributed by atoms with van der Waals surface area (Å²) in [7, 11) is -3.46. The van der Waals surface area contributed by atoms with Crippen molar-refractivity contribution in [1.82, 2.24) is 5.32 Å². The Bertz CT molecular complexity index is 524. The van der Waals surface area contributed by atoms with Gasteiger partial charge in [0.2, 0.25) is 10.0 Å². The highest BCUT2D eigenvalue weighted by Gasteiger charge is 2.06. The second-order valence-electron chi connectivity index (χ2n) is 4.50. The number of hydrogen-bond acceptors (Lipinski definition) is 4. The van der Waals surface area contributed by atoms with Crippen molar-refractivity contribution in [3.63, 3.8) is 0 Å². The molecular formula is C12H19N3O3S. The first kappa shape index (κ1) is 15.5. The number of hydrogen-bond donors (Lipinski definition) is 3. The van der Waals surface area contributed by atoms with Gasteiger partial charge in [-0.25, -0.2) is 13.6 Å². The molecule has 0 fully saturated rings. The lowest BCUT2D eigenvalue weighted by Gasteiger charge is -2.09.